The number of morpholine rings is 1. The molecule has 0 spiro atoms. The van der Waals surface area contributed by atoms with Gasteiger partial charge in [0.2, 0.25) is 0 Å². The molecule has 2 aromatic rings. The third-order valence-electron chi connectivity index (χ3n) is 6.03. The van der Waals surface area contributed by atoms with Crippen molar-refractivity contribution in [2.24, 2.45) is 0 Å². The average molecular weight is 394 g/mol. The number of nitrogens with zero attached hydrogens (tertiary/aromatic N) is 4. The van der Waals surface area contributed by atoms with Gasteiger partial charge in [-0.15, -0.1) is 0 Å². The molecule has 152 valence electrons. The standard InChI is InChI=1S/C21H26N6O2/c1-22-21(28)23-14-5-3-13(4-6-14)19-24-18-10-26(2)9-17(18)20(25-19)27-15-7-8-16(27)12-29-11-15/h3-6,15-16H,7-12H2,1-2H3,(H2,22,23,28). The van der Waals surface area contributed by atoms with Crippen LogP contribution in [0, 0.1) is 0 Å². The molecule has 2 saturated heterocycles. The van der Waals surface area contributed by atoms with Gasteiger partial charge in [0.1, 0.15) is 5.82 Å². The van der Waals surface area contributed by atoms with Gasteiger partial charge in [-0.1, -0.05) is 0 Å². The molecule has 2 atom stereocenters. The lowest BCUT2D eigenvalue weighted by Crippen LogP contribution is -2.47. The van der Waals surface area contributed by atoms with Crippen molar-refractivity contribution in [3.8, 4) is 11.4 Å². The van der Waals surface area contributed by atoms with E-state index in [1.54, 1.807) is 7.05 Å². The maximum absolute atomic E-state index is 11.5. The number of hydrogen-bond donors (Lipinski definition) is 2. The van der Waals surface area contributed by atoms with Crippen LogP contribution < -0.4 is 15.5 Å². The molecule has 2 fully saturated rings. The van der Waals surface area contributed by atoms with Crippen LogP contribution in [0.2, 0.25) is 0 Å². The molecule has 5 rings (SSSR count). The number of anilines is 2. The molecular weight excluding hydrogens is 368 g/mol. The molecule has 4 heterocycles. The van der Waals surface area contributed by atoms with Gasteiger partial charge < -0.3 is 20.3 Å². The Morgan fingerprint density at radius 2 is 1.83 bits per heavy atom. The number of hydrogen-bond acceptors (Lipinski definition) is 6. The lowest BCUT2D eigenvalue weighted by atomic mass is 10.1. The number of ether oxygens (including phenoxy) is 1. The minimum absolute atomic E-state index is 0.236. The summed E-state index contributed by atoms with van der Waals surface area (Å²) in [6.45, 7) is 3.28. The highest BCUT2D eigenvalue weighted by Gasteiger charge is 2.40. The molecule has 8 nitrogen and oxygen atoms in total. The van der Waals surface area contributed by atoms with Crippen LogP contribution in [-0.2, 0) is 17.8 Å². The van der Waals surface area contributed by atoms with E-state index in [-0.39, 0.29) is 6.03 Å². The van der Waals surface area contributed by atoms with Crippen LogP contribution in [0.15, 0.2) is 24.3 Å². The Morgan fingerprint density at radius 1 is 1.10 bits per heavy atom. The van der Waals surface area contributed by atoms with Crippen molar-refractivity contribution < 1.29 is 9.53 Å². The lowest BCUT2D eigenvalue weighted by molar-refractivity contribution is 0.0901. The van der Waals surface area contributed by atoms with Crippen molar-refractivity contribution in [2.45, 2.75) is 38.0 Å². The first-order valence-electron chi connectivity index (χ1n) is 10.2. The first kappa shape index (κ1) is 18.3. The van der Waals surface area contributed by atoms with E-state index in [0.717, 1.165) is 67.7 Å². The fourth-order valence-corrected chi connectivity index (χ4v) is 4.60. The van der Waals surface area contributed by atoms with E-state index in [0.29, 0.717) is 12.1 Å². The van der Waals surface area contributed by atoms with Crippen molar-refractivity contribution in [2.75, 3.05) is 37.5 Å². The number of rotatable bonds is 3. The van der Waals surface area contributed by atoms with Crippen molar-refractivity contribution >= 4 is 17.5 Å². The third-order valence-corrected chi connectivity index (χ3v) is 6.03. The van der Waals surface area contributed by atoms with Gasteiger partial charge in [0.15, 0.2) is 5.82 Å². The molecule has 1 aromatic heterocycles. The molecule has 2 amide bonds. The predicted molar refractivity (Wildman–Crippen MR) is 111 cm³/mol. The molecular formula is C21H26N6O2. The Bertz CT molecular complexity index is 916. The second-order valence-electron chi connectivity index (χ2n) is 8.08. The summed E-state index contributed by atoms with van der Waals surface area (Å²) in [5, 5.41) is 5.34. The predicted octanol–water partition coefficient (Wildman–Crippen LogP) is 2.21. The molecule has 0 saturated carbocycles. The minimum atomic E-state index is -0.236. The fourth-order valence-electron chi connectivity index (χ4n) is 4.60. The maximum Gasteiger partial charge on any atom is 0.318 e. The van der Waals surface area contributed by atoms with Crippen LogP contribution in [0.5, 0.6) is 0 Å². The number of aromatic nitrogens is 2. The van der Waals surface area contributed by atoms with Crippen molar-refractivity contribution in [1.29, 1.82) is 0 Å². The highest BCUT2D eigenvalue weighted by molar-refractivity contribution is 5.89. The third kappa shape index (κ3) is 3.32. The van der Waals surface area contributed by atoms with Crippen LogP contribution in [0.3, 0.4) is 0 Å². The Kier molecular flexibility index (Phi) is 4.60. The molecule has 3 aliphatic heterocycles. The minimum Gasteiger partial charge on any atom is -0.377 e. The summed E-state index contributed by atoms with van der Waals surface area (Å²) in [5.41, 5.74) is 4.06. The van der Waals surface area contributed by atoms with Gasteiger partial charge in [0.25, 0.3) is 0 Å². The summed E-state index contributed by atoms with van der Waals surface area (Å²) >= 11 is 0. The zero-order valence-corrected chi connectivity index (χ0v) is 16.8. The highest BCUT2D eigenvalue weighted by Crippen LogP contribution is 2.38. The quantitative estimate of drug-likeness (QED) is 0.831. The number of urea groups is 1. The van der Waals surface area contributed by atoms with Gasteiger partial charge in [-0.25, -0.2) is 14.8 Å². The number of fused-ring (bicyclic) bond motifs is 3. The van der Waals surface area contributed by atoms with Crippen LogP contribution in [0.1, 0.15) is 24.1 Å². The Hall–Kier alpha value is -2.71. The molecule has 2 unspecified atom stereocenters. The van der Waals surface area contributed by atoms with E-state index in [1.165, 1.54) is 5.56 Å². The summed E-state index contributed by atoms with van der Waals surface area (Å²) in [6, 6.07) is 8.26. The maximum atomic E-state index is 11.5. The van der Waals surface area contributed by atoms with E-state index in [9.17, 15) is 4.79 Å². The van der Waals surface area contributed by atoms with Crippen molar-refractivity contribution in [3.05, 3.63) is 35.5 Å². The zero-order chi connectivity index (χ0) is 20.0. The highest BCUT2D eigenvalue weighted by atomic mass is 16.5. The number of carbonyl (C=O) groups is 1. The first-order valence-corrected chi connectivity index (χ1v) is 10.2. The van der Waals surface area contributed by atoms with Gasteiger partial charge >= 0.3 is 6.03 Å². The van der Waals surface area contributed by atoms with E-state index < -0.39 is 0 Å². The van der Waals surface area contributed by atoms with E-state index in [1.807, 2.05) is 24.3 Å². The number of amides is 2. The summed E-state index contributed by atoms with van der Waals surface area (Å²) in [5.74, 6) is 1.82. The lowest BCUT2D eigenvalue weighted by Gasteiger charge is -2.36. The van der Waals surface area contributed by atoms with Crippen molar-refractivity contribution in [3.63, 3.8) is 0 Å². The molecule has 29 heavy (non-hydrogen) atoms. The Morgan fingerprint density at radius 3 is 2.52 bits per heavy atom. The SMILES string of the molecule is CNC(=O)Nc1ccc(-c2nc3c(c(N4C5CCC4COC5)n2)CN(C)C3)cc1. The Labute approximate surface area is 170 Å². The average Bonchev–Trinajstić information content (AvgIpc) is 3.22. The van der Waals surface area contributed by atoms with E-state index in [4.69, 9.17) is 14.7 Å². The van der Waals surface area contributed by atoms with Gasteiger partial charge in [-0.3, -0.25) is 4.90 Å². The number of benzene rings is 1. The summed E-state index contributed by atoms with van der Waals surface area (Å²) in [4.78, 5) is 26.2. The summed E-state index contributed by atoms with van der Waals surface area (Å²) < 4.78 is 5.78. The normalized spacial score (nSPS) is 23.2. The van der Waals surface area contributed by atoms with Crippen LogP contribution in [0.4, 0.5) is 16.3 Å². The number of nitrogens with one attached hydrogen (secondary N) is 2. The first-order chi connectivity index (χ1) is 14.1. The Balaban J connectivity index is 1.52. The largest absolute Gasteiger partial charge is 0.377 e. The van der Waals surface area contributed by atoms with E-state index >= 15 is 0 Å². The van der Waals surface area contributed by atoms with Gasteiger partial charge in [-0.05, 0) is 44.2 Å². The van der Waals surface area contributed by atoms with Crippen LogP contribution in [-0.4, -0.2) is 60.3 Å². The topological polar surface area (TPSA) is 82.6 Å². The van der Waals surface area contributed by atoms with Gasteiger partial charge in [0.05, 0.1) is 31.0 Å². The summed E-state index contributed by atoms with van der Waals surface area (Å²) in [7, 11) is 3.72. The summed E-state index contributed by atoms with van der Waals surface area (Å²) in [6.07, 6.45) is 2.32. The number of carbonyl (C=O) groups excluding carboxylic acids is 1. The molecule has 0 radical (unpaired) electrons. The van der Waals surface area contributed by atoms with Crippen LogP contribution >= 0.6 is 0 Å². The molecule has 2 bridgehead atoms. The second-order valence-corrected chi connectivity index (χ2v) is 8.08. The zero-order valence-electron chi connectivity index (χ0n) is 16.8. The van der Waals surface area contributed by atoms with Crippen molar-refractivity contribution in [1.82, 2.24) is 20.2 Å². The molecule has 1 aromatic carbocycles. The van der Waals surface area contributed by atoms with E-state index in [2.05, 4.69) is 27.5 Å². The van der Waals surface area contributed by atoms with Crippen LogP contribution in [0.25, 0.3) is 11.4 Å². The van der Waals surface area contributed by atoms with Gasteiger partial charge in [-0.2, -0.15) is 0 Å². The van der Waals surface area contributed by atoms with Gasteiger partial charge in [0, 0.05) is 37.0 Å². The second kappa shape index (κ2) is 7.27. The molecule has 8 heteroatoms. The molecule has 2 N–H and O–H groups in total. The monoisotopic (exact) mass is 394 g/mol. The smallest absolute Gasteiger partial charge is 0.318 e. The fraction of sp³-hybridized carbons (Fsp3) is 0.476. The molecule has 0 aliphatic carbocycles. The molecule has 3 aliphatic rings.